The van der Waals surface area contributed by atoms with Gasteiger partial charge in [-0.1, -0.05) is 0 Å². The number of nitrogens with zero attached hydrogens (tertiary/aromatic N) is 4. The fourth-order valence-electron chi connectivity index (χ4n) is 1.35. The Balaban J connectivity index is 2.34. The first-order valence-corrected chi connectivity index (χ1v) is 5.81. The molecule has 1 rings (SSSR count). The van der Waals surface area contributed by atoms with Gasteiger partial charge in [-0.2, -0.15) is 10.4 Å². The van der Waals surface area contributed by atoms with Gasteiger partial charge in [0.2, 0.25) is 0 Å². The fourth-order valence-corrected chi connectivity index (χ4v) is 1.35. The Kier molecular flexibility index (Phi) is 5.37. The number of hydrogen-bond donors (Lipinski definition) is 1. The predicted molar refractivity (Wildman–Crippen MR) is 67.6 cm³/mol. The standard InChI is InChI=1S/C12H19N5/c1-10(2)17(3)8-4-6-14-12-11(9-13)5-7-15-16-12/h5,7,10H,4,6,8H2,1-3H3,(H,14,16). The minimum atomic E-state index is 0.539. The second-order valence-corrected chi connectivity index (χ2v) is 4.26. The maximum atomic E-state index is 8.87. The molecule has 5 heteroatoms. The normalized spacial score (nSPS) is 10.6. The van der Waals surface area contributed by atoms with Crippen molar-refractivity contribution in [3.63, 3.8) is 0 Å². The summed E-state index contributed by atoms with van der Waals surface area (Å²) < 4.78 is 0. The van der Waals surface area contributed by atoms with Crippen LogP contribution >= 0.6 is 0 Å². The van der Waals surface area contributed by atoms with Crippen molar-refractivity contribution in [1.82, 2.24) is 15.1 Å². The molecule has 0 aromatic carbocycles. The lowest BCUT2D eigenvalue weighted by Gasteiger charge is -2.20. The van der Waals surface area contributed by atoms with E-state index < -0.39 is 0 Å². The van der Waals surface area contributed by atoms with Gasteiger partial charge >= 0.3 is 0 Å². The van der Waals surface area contributed by atoms with Crippen LogP contribution in [0.4, 0.5) is 5.82 Å². The molecular weight excluding hydrogens is 214 g/mol. The lowest BCUT2D eigenvalue weighted by molar-refractivity contribution is 0.273. The zero-order valence-corrected chi connectivity index (χ0v) is 10.6. The highest BCUT2D eigenvalue weighted by molar-refractivity contribution is 5.49. The number of nitriles is 1. The molecule has 0 saturated heterocycles. The quantitative estimate of drug-likeness (QED) is 0.754. The van der Waals surface area contributed by atoms with E-state index in [1.165, 1.54) is 6.20 Å². The van der Waals surface area contributed by atoms with Gasteiger partial charge in [-0.15, -0.1) is 5.10 Å². The van der Waals surface area contributed by atoms with E-state index in [1.54, 1.807) is 6.07 Å². The van der Waals surface area contributed by atoms with Crippen LogP contribution in [0.25, 0.3) is 0 Å². The Hall–Kier alpha value is -1.67. The summed E-state index contributed by atoms with van der Waals surface area (Å²) in [5, 5.41) is 19.7. The summed E-state index contributed by atoms with van der Waals surface area (Å²) in [6.07, 6.45) is 2.53. The monoisotopic (exact) mass is 233 g/mol. The minimum absolute atomic E-state index is 0.539. The van der Waals surface area contributed by atoms with Gasteiger partial charge in [-0.25, -0.2) is 0 Å². The van der Waals surface area contributed by atoms with Crippen molar-refractivity contribution < 1.29 is 0 Å². The topological polar surface area (TPSA) is 64.8 Å². The maximum absolute atomic E-state index is 8.87. The largest absolute Gasteiger partial charge is 0.367 e. The fraction of sp³-hybridized carbons (Fsp3) is 0.583. The highest BCUT2D eigenvalue weighted by atomic mass is 15.2. The Bertz CT molecular complexity index is 383. The molecule has 0 aliphatic heterocycles. The third-order valence-electron chi connectivity index (χ3n) is 2.70. The van der Waals surface area contributed by atoms with E-state index in [4.69, 9.17) is 5.26 Å². The van der Waals surface area contributed by atoms with Crippen LogP contribution in [0.2, 0.25) is 0 Å². The molecule has 0 atom stereocenters. The molecular formula is C12H19N5. The number of nitrogens with one attached hydrogen (secondary N) is 1. The average Bonchev–Trinajstić information content (AvgIpc) is 2.34. The molecule has 1 N–H and O–H groups in total. The molecule has 0 radical (unpaired) electrons. The molecule has 1 heterocycles. The molecule has 5 nitrogen and oxygen atoms in total. The van der Waals surface area contributed by atoms with Crippen molar-refractivity contribution in [1.29, 1.82) is 5.26 Å². The smallest absolute Gasteiger partial charge is 0.166 e. The van der Waals surface area contributed by atoms with Crippen molar-refractivity contribution in [2.75, 3.05) is 25.5 Å². The van der Waals surface area contributed by atoms with Crippen molar-refractivity contribution in [3.05, 3.63) is 17.8 Å². The lowest BCUT2D eigenvalue weighted by Crippen LogP contribution is -2.28. The molecule has 0 spiro atoms. The van der Waals surface area contributed by atoms with E-state index in [9.17, 15) is 0 Å². The van der Waals surface area contributed by atoms with E-state index in [1.807, 2.05) is 0 Å². The van der Waals surface area contributed by atoms with E-state index in [-0.39, 0.29) is 0 Å². The number of aromatic nitrogens is 2. The molecule has 17 heavy (non-hydrogen) atoms. The van der Waals surface area contributed by atoms with E-state index >= 15 is 0 Å². The van der Waals surface area contributed by atoms with Crippen LogP contribution in [0.1, 0.15) is 25.8 Å². The second kappa shape index (κ2) is 6.81. The van der Waals surface area contributed by atoms with Gasteiger partial charge in [0.1, 0.15) is 6.07 Å². The molecule has 0 amide bonds. The van der Waals surface area contributed by atoms with Crippen molar-refractivity contribution >= 4 is 5.82 Å². The lowest BCUT2D eigenvalue weighted by atomic mass is 10.3. The number of hydrogen-bond acceptors (Lipinski definition) is 5. The van der Waals surface area contributed by atoms with E-state index in [0.29, 0.717) is 17.4 Å². The van der Waals surface area contributed by atoms with Crippen LogP contribution in [0, 0.1) is 11.3 Å². The molecule has 0 aliphatic rings. The zero-order valence-electron chi connectivity index (χ0n) is 10.6. The summed E-state index contributed by atoms with van der Waals surface area (Å²) in [4.78, 5) is 2.28. The molecule has 0 saturated carbocycles. The van der Waals surface area contributed by atoms with Gasteiger partial charge in [0, 0.05) is 12.6 Å². The highest BCUT2D eigenvalue weighted by Crippen LogP contribution is 2.07. The highest BCUT2D eigenvalue weighted by Gasteiger charge is 2.04. The Morgan fingerprint density at radius 2 is 2.29 bits per heavy atom. The summed E-state index contributed by atoms with van der Waals surface area (Å²) in [6.45, 7) is 6.16. The summed E-state index contributed by atoms with van der Waals surface area (Å²) in [6, 6.07) is 4.31. The van der Waals surface area contributed by atoms with Gasteiger partial charge in [0.05, 0.1) is 11.8 Å². The van der Waals surface area contributed by atoms with Crippen molar-refractivity contribution in [2.24, 2.45) is 0 Å². The van der Waals surface area contributed by atoms with Gasteiger partial charge < -0.3 is 10.2 Å². The van der Waals surface area contributed by atoms with Gasteiger partial charge in [0.15, 0.2) is 5.82 Å². The molecule has 0 unspecified atom stereocenters. The number of rotatable bonds is 6. The van der Waals surface area contributed by atoms with Gasteiger partial charge in [-0.3, -0.25) is 0 Å². The molecule has 0 bridgehead atoms. The molecule has 0 aliphatic carbocycles. The van der Waals surface area contributed by atoms with Crippen LogP contribution in [0.15, 0.2) is 12.3 Å². The van der Waals surface area contributed by atoms with Gasteiger partial charge in [-0.05, 0) is 39.9 Å². The Morgan fingerprint density at radius 3 is 2.94 bits per heavy atom. The van der Waals surface area contributed by atoms with Crippen LogP contribution in [0.3, 0.4) is 0 Å². The van der Waals surface area contributed by atoms with Crippen LogP contribution in [0.5, 0.6) is 0 Å². The minimum Gasteiger partial charge on any atom is -0.367 e. The summed E-state index contributed by atoms with van der Waals surface area (Å²) in [5.41, 5.74) is 0.539. The number of anilines is 1. The van der Waals surface area contributed by atoms with Crippen LogP contribution in [-0.2, 0) is 0 Å². The summed E-state index contributed by atoms with van der Waals surface area (Å²) in [5.74, 6) is 0.571. The summed E-state index contributed by atoms with van der Waals surface area (Å²) >= 11 is 0. The van der Waals surface area contributed by atoms with E-state index in [2.05, 4.69) is 47.4 Å². The van der Waals surface area contributed by atoms with Crippen molar-refractivity contribution in [3.8, 4) is 6.07 Å². The Morgan fingerprint density at radius 1 is 1.53 bits per heavy atom. The molecule has 1 aromatic heterocycles. The summed E-state index contributed by atoms with van der Waals surface area (Å²) in [7, 11) is 2.10. The zero-order chi connectivity index (χ0) is 12.7. The maximum Gasteiger partial charge on any atom is 0.166 e. The molecule has 1 aromatic rings. The second-order valence-electron chi connectivity index (χ2n) is 4.26. The van der Waals surface area contributed by atoms with Crippen molar-refractivity contribution in [2.45, 2.75) is 26.3 Å². The van der Waals surface area contributed by atoms with Crippen LogP contribution < -0.4 is 5.32 Å². The third kappa shape index (κ3) is 4.37. The molecule has 92 valence electrons. The first-order chi connectivity index (χ1) is 8.15. The molecule has 0 fully saturated rings. The third-order valence-corrected chi connectivity index (χ3v) is 2.70. The SMILES string of the molecule is CC(C)N(C)CCCNc1nnccc1C#N. The predicted octanol–water partition coefficient (Wildman–Crippen LogP) is 1.49. The first-order valence-electron chi connectivity index (χ1n) is 5.81. The van der Waals surface area contributed by atoms with Gasteiger partial charge in [0.25, 0.3) is 0 Å². The average molecular weight is 233 g/mol. The first kappa shape index (κ1) is 13.4. The Labute approximate surface area is 102 Å². The van der Waals surface area contributed by atoms with E-state index in [0.717, 1.165) is 19.5 Å². The van der Waals surface area contributed by atoms with Crippen LogP contribution in [-0.4, -0.2) is 41.3 Å².